The van der Waals surface area contributed by atoms with E-state index in [9.17, 15) is 18.0 Å². The lowest BCUT2D eigenvalue weighted by molar-refractivity contribution is -0.140. The standard InChI is InChI=1S/C18H25NO6S/c1-4-24-17(20)10-11-18(21)25-12-16(15-8-6-5-7-9-15)19-26(22,23)13-14(2)3/h5-11,14,16,19H,4,12-13H2,1-3H3/b11-10+. The van der Waals surface area contributed by atoms with Crippen LogP contribution in [0.4, 0.5) is 0 Å². The summed E-state index contributed by atoms with van der Waals surface area (Å²) < 4.78 is 36.8. The van der Waals surface area contributed by atoms with Crippen LogP contribution in [-0.4, -0.2) is 39.3 Å². The molecule has 1 atom stereocenters. The van der Waals surface area contributed by atoms with Crippen LogP contribution >= 0.6 is 0 Å². The van der Waals surface area contributed by atoms with Crippen molar-refractivity contribution in [3.63, 3.8) is 0 Å². The molecule has 8 heteroatoms. The van der Waals surface area contributed by atoms with Gasteiger partial charge in [0.1, 0.15) is 6.61 Å². The second-order valence-electron chi connectivity index (χ2n) is 5.97. The zero-order chi connectivity index (χ0) is 19.6. The fourth-order valence-electron chi connectivity index (χ4n) is 2.13. The highest BCUT2D eigenvalue weighted by Gasteiger charge is 2.21. The molecule has 0 aliphatic carbocycles. The van der Waals surface area contributed by atoms with Crippen LogP contribution in [0.15, 0.2) is 42.5 Å². The summed E-state index contributed by atoms with van der Waals surface area (Å²) in [6.07, 6.45) is 1.91. The van der Waals surface area contributed by atoms with Crippen LogP contribution in [-0.2, 0) is 29.1 Å². The first-order chi connectivity index (χ1) is 12.2. The van der Waals surface area contributed by atoms with Gasteiger partial charge >= 0.3 is 11.9 Å². The zero-order valence-electron chi connectivity index (χ0n) is 15.2. The largest absolute Gasteiger partial charge is 0.463 e. The van der Waals surface area contributed by atoms with Gasteiger partial charge in [-0.2, -0.15) is 0 Å². The minimum absolute atomic E-state index is 0.0347. The summed E-state index contributed by atoms with van der Waals surface area (Å²) in [5, 5.41) is 0. The molecule has 0 aliphatic heterocycles. The van der Waals surface area contributed by atoms with E-state index in [1.54, 1.807) is 51.1 Å². The van der Waals surface area contributed by atoms with Crippen molar-refractivity contribution in [3.05, 3.63) is 48.0 Å². The van der Waals surface area contributed by atoms with Crippen LogP contribution < -0.4 is 4.72 Å². The molecule has 26 heavy (non-hydrogen) atoms. The quantitative estimate of drug-likeness (QED) is 0.490. The Morgan fingerprint density at radius 2 is 1.65 bits per heavy atom. The molecule has 0 spiro atoms. The van der Waals surface area contributed by atoms with Crippen molar-refractivity contribution < 1.29 is 27.5 Å². The highest BCUT2D eigenvalue weighted by Crippen LogP contribution is 2.15. The summed E-state index contributed by atoms with van der Waals surface area (Å²) >= 11 is 0. The van der Waals surface area contributed by atoms with Gasteiger partial charge in [-0.05, 0) is 18.4 Å². The molecule has 1 aromatic carbocycles. The minimum Gasteiger partial charge on any atom is -0.463 e. The Hall–Kier alpha value is -2.19. The van der Waals surface area contributed by atoms with Gasteiger partial charge in [0.25, 0.3) is 0 Å². The third-order valence-corrected chi connectivity index (χ3v) is 4.86. The van der Waals surface area contributed by atoms with Crippen LogP contribution in [0, 0.1) is 5.92 Å². The fourth-order valence-corrected chi connectivity index (χ4v) is 3.74. The average Bonchev–Trinajstić information content (AvgIpc) is 2.56. The molecule has 0 fully saturated rings. The summed E-state index contributed by atoms with van der Waals surface area (Å²) in [6, 6.07) is 8.09. The van der Waals surface area contributed by atoms with E-state index >= 15 is 0 Å². The van der Waals surface area contributed by atoms with E-state index in [-0.39, 0.29) is 24.9 Å². The number of sulfonamides is 1. The molecule has 0 radical (unpaired) electrons. The molecule has 1 unspecified atom stereocenters. The van der Waals surface area contributed by atoms with Crippen molar-refractivity contribution in [2.45, 2.75) is 26.8 Å². The summed E-state index contributed by atoms with van der Waals surface area (Å²) in [7, 11) is -3.54. The number of benzene rings is 1. The lowest BCUT2D eigenvalue weighted by Gasteiger charge is -2.19. The van der Waals surface area contributed by atoms with Crippen LogP contribution in [0.5, 0.6) is 0 Å². The Morgan fingerprint density at radius 3 is 2.19 bits per heavy atom. The van der Waals surface area contributed by atoms with Gasteiger partial charge in [0.15, 0.2) is 0 Å². The number of ether oxygens (including phenoxy) is 2. The Kier molecular flexibility index (Phi) is 9.01. The van der Waals surface area contributed by atoms with Crippen molar-refractivity contribution in [2.75, 3.05) is 19.0 Å². The van der Waals surface area contributed by atoms with Crippen molar-refractivity contribution in [2.24, 2.45) is 5.92 Å². The number of hydrogen-bond donors (Lipinski definition) is 1. The van der Waals surface area contributed by atoms with Crippen LogP contribution in [0.2, 0.25) is 0 Å². The minimum atomic E-state index is -3.54. The number of rotatable bonds is 10. The zero-order valence-corrected chi connectivity index (χ0v) is 16.0. The third-order valence-electron chi connectivity index (χ3n) is 3.11. The molecule has 7 nitrogen and oxygen atoms in total. The molecule has 1 N–H and O–H groups in total. The van der Waals surface area contributed by atoms with Gasteiger partial charge in [-0.1, -0.05) is 44.2 Å². The second-order valence-corrected chi connectivity index (χ2v) is 7.77. The summed E-state index contributed by atoms with van der Waals surface area (Å²) in [6.45, 7) is 5.25. The lowest BCUT2D eigenvalue weighted by Crippen LogP contribution is -2.35. The molecular weight excluding hydrogens is 358 g/mol. The van der Waals surface area contributed by atoms with E-state index in [4.69, 9.17) is 4.74 Å². The molecule has 0 aliphatic rings. The smallest absolute Gasteiger partial charge is 0.331 e. The number of esters is 2. The van der Waals surface area contributed by atoms with Gasteiger partial charge in [-0.15, -0.1) is 0 Å². The summed E-state index contributed by atoms with van der Waals surface area (Å²) in [4.78, 5) is 22.9. The van der Waals surface area contributed by atoms with E-state index in [1.807, 2.05) is 0 Å². The summed E-state index contributed by atoms with van der Waals surface area (Å²) in [5.41, 5.74) is 0.669. The van der Waals surface area contributed by atoms with Gasteiger partial charge in [-0.25, -0.2) is 22.7 Å². The first-order valence-electron chi connectivity index (χ1n) is 8.30. The van der Waals surface area contributed by atoms with Crippen molar-refractivity contribution in [1.82, 2.24) is 4.72 Å². The van der Waals surface area contributed by atoms with Crippen molar-refractivity contribution in [1.29, 1.82) is 0 Å². The topological polar surface area (TPSA) is 98.8 Å². The Balaban J connectivity index is 2.78. The van der Waals surface area contributed by atoms with Gasteiger partial charge in [0.2, 0.25) is 10.0 Å². The van der Waals surface area contributed by atoms with E-state index in [2.05, 4.69) is 9.46 Å². The van der Waals surface area contributed by atoms with E-state index in [1.165, 1.54) is 0 Å². The molecular formula is C18H25NO6S. The first kappa shape index (κ1) is 21.9. The molecule has 1 rings (SSSR count). The monoisotopic (exact) mass is 383 g/mol. The number of carbonyl (C=O) groups is 2. The average molecular weight is 383 g/mol. The highest BCUT2D eigenvalue weighted by molar-refractivity contribution is 7.89. The number of nitrogens with one attached hydrogen (secondary N) is 1. The van der Waals surface area contributed by atoms with E-state index in [0.29, 0.717) is 5.56 Å². The van der Waals surface area contributed by atoms with Gasteiger partial charge < -0.3 is 9.47 Å². The molecule has 0 bridgehead atoms. The van der Waals surface area contributed by atoms with Gasteiger partial charge in [0, 0.05) is 12.2 Å². The number of carbonyl (C=O) groups excluding carboxylic acids is 2. The predicted molar refractivity (Wildman–Crippen MR) is 97.7 cm³/mol. The normalized spacial score (nSPS) is 12.9. The molecule has 0 saturated heterocycles. The molecule has 0 amide bonds. The van der Waals surface area contributed by atoms with Gasteiger partial charge in [0.05, 0.1) is 18.4 Å². The van der Waals surface area contributed by atoms with Crippen molar-refractivity contribution >= 4 is 22.0 Å². The van der Waals surface area contributed by atoms with Crippen LogP contribution in [0.25, 0.3) is 0 Å². The maximum absolute atomic E-state index is 12.2. The molecule has 1 aromatic rings. The molecule has 0 aromatic heterocycles. The Bertz CT molecular complexity index is 712. The first-order valence-corrected chi connectivity index (χ1v) is 9.95. The molecule has 0 heterocycles. The maximum Gasteiger partial charge on any atom is 0.331 e. The van der Waals surface area contributed by atoms with Crippen molar-refractivity contribution in [3.8, 4) is 0 Å². The SMILES string of the molecule is CCOC(=O)/C=C/C(=O)OCC(NS(=O)(=O)CC(C)C)c1ccccc1. The summed E-state index contributed by atoms with van der Waals surface area (Å²) in [5.74, 6) is -1.49. The molecule has 0 saturated carbocycles. The molecule has 144 valence electrons. The number of hydrogen-bond acceptors (Lipinski definition) is 6. The van der Waals surface area contributed by atoms with E-state index in [0.717, 1.165) is 12.2 Å². The second kappa shape index (κ2) is 10.7. The Labute approximate surface area is 154 Å². The van der Waals surface area contributed by atoms with Gasteiger partial charge in [-0.3, -0.25) is 0 Å². The third kappa shape index (κ3) is 8.77. The fraction of sp³-hybridized carbons (Fsp3) is 0.444. The lowest BCUT2D eigenvalue weighted by atomic mass is 10.1. The maximum atomic E-state index is 12.2. The predicted octanol–water partition coefficient (Wildman–Crippen LogP) is 1.97. The van der Waals surface area contributed by atoms with Crippen LogP contribution in [0.3, 0.4) is 0 Å². The van der Waals surface area contributed by atoms with E-state index < -0.39 is 28.0 Å². The van der Waals surface area contributed by atoms with Crippen LogP contribution in [0.1, 0.15) is 32.4 Å². The Morgan fingerprint density at radius 1 is 1.08 bits per heavy atom. The highest BCUT2D eigenvalue weighted by atomic mass is 32.2.